The first-order chi connectivity index (χ1) is 7.85. The second kappa shape index (κ2) is 5.35. The minimum absolute atomic E-state index is 0.655. The second-order valence-electron chi connectivity index (χ2n) is 4.61. The van der Waals surface area contributed by atoms with E-state index in [-0.39, 0.29) is 0 Å². The Kier molecular flexibility index (Phi) is 3.83. The van der Waals surface area contributed by atoms with Crippen LogP contribution in [0, 0.1) is 0 Å². The number of nitrogens with two attached hydrogens (primary N) is 1. The van der Waals surface area contributed by atoms with Gasteiger partial charge >= 0.3 is 0 Å². The minimum atomic E-state index is 0.655. The monoisotopic (exact) mass is 218 g/mol. The molecule has 1 aliphatic heterocycles. The van der Waals surface area contributed by atoms with E-state index >= 15 is 0 Å². The lowest BCUT2D eigenvalue weighted by molar-refractivity contribution is 0.658. The van der Waals surface area contributed by atoms with Crippen LogP contribution in [0.4, 0.5) is 5.69 Å². The van der Waals surface area contributed by atoms with Crippen molar-refractivity contribution in [1.29, 1.82) is 0 Å². The van der Waals surface area contributed by atoms with Gasteiger partial charge in [-0.1, -0.05) is 25.5 Å². The molecule has 0 fully saturated rings. The third kappa shape index (κ3) is 2.38. The van der Waals surface area contributed by atoms with E-state index in [2.05, 4.69) is 30.0 Å². The molecule has 0 aromatic heterocycles. The SMILES string of the molecule is CCCCN1CCCc2cc(CN)ccc21. The zero-order chi connectivity index (χ0) is 11.4. The molecule has 0 bridgehead atoms. The van der Waals surface area contributed by atoms with Gasteiger partial charge in [0.05, 0.1) is 0 Å². The van der Waals surface area contributed by atoms with E-state index < -0.39 is 0 Å². The third-order valence-corrected chi connectivity index (χ3v) is 3.38. The molecule has 0 radical (unpaired) electrons. The number of rotatable bonds is 4. The number of fused-ring (bicyclic) bond motifs is 1. The van der Waals surface area contributed by atoms with Crippen LogP contribution in [0.3, 0.4) is 0 Å². The lowest BCUT2D eigenvalue weighted by Crippen LogP contribution is -2.30. The van der Waals surface area contributed by atoms with Gasteiger partial charge in [0.1, 0.15) is 0 Å². The maximum Gasteiger partial charge on any atom is 0.0398 e. The highest BCUT2D eigenvalue weighted by Crippen LogP contribution is 2.28. The highest BCUT2D eigenvalue weighted by atomic mass is 15.1. The summed E-state index contributed by atoms with van der Waals surface area (Å²) in [4.78, 5) is 2.53. The molecule has 2 nitrogen and oxygen atoms in total. The average molecular weight is 218 g/mol. The van der Waals surface area contributed by atoms with E-state index in [4.69, 9.17) is 5.73 Å². The summed E-state index contributed by atoms with van der Waals surface area (Å²) in [5.74, 6) is 0. The normalized spacial score (nSPS) is 15.0. The van der Waals surface area contributed by atoms with Crippen LogP contribution in [0.5, 0.6) is 0 Å². The molecule has 0 spiro atoms. The third-order valence-electron chi connectivity index (χ3n) is 3.38. The zero-order valence-electron chi connectivity index (χ0n) is 10.2. The summed E-state index contributed by atoms with van der Waals surface area (Å²) in [5.41, 5.74) is 9.88. The molecule has 1 aromatic carbocycles. The molecule has 1 aromatic rings. The van der Waals surface area contributed by atoms with Crippen molar-refractivity contribution in [2.45, 2.75) is 39.2 Å². The van der Waals surface area contributed by atoms with E-state index in [0.29, 0.717) is 6.54 Å². The Hall–Kier alpha value is -1.02. The van der Waals surface area contributed by atoms with Crippen LogP contribution in [0.25, 0.3) is 0 Å². The van der Waals surface area contributed by atoms with E-state index in [1.165, 1.54) is 55.6 Å². The Bertz CT molecular complexity index is 347. The highest BCUT2D eigenvalue weighted by Gasteiger charge is 2.15. The molecule has 0 saturated carbocycles. The van der Waals surface area contributed by atoms with Crippen LogP contribution in [-0.2, 0) is 13.0 Å². The van der Waals surface area contributed by atoms with Gasteiger partial charge in [0.25, 0.3) is 0 Å². The van der Waals surface area contributed by atoms with E-state index in [1.807, 2.05) is 0 Å². The van der Waals surface area contributed by atoms with Crippen molar-refractivity contribution >= 4 is 5.69 Å². The molecular formula is C14H22N2. The Balaban J connectivity index is 2.18. The van der Waals surface area contributed by atoms with Crippen molar-refractivity contribution < 1.29 is 0 Å². The van der Waals surface area contributed by atoms with Crippen LogP contribution in [-0.4, -0.2) is 13.1 Å². The second-order valence-corrected chi connectivity index (χ2v) is 4.61. The molecule has 1 aliphatic rings. The molecule has 0 aliphatic carbocycles. The lowest BCUT2D eigenvalue weighted by atomic mass is 9.99. The fraction of sp³-hybridized carbons (Fsp3) is 0.571. The van der Waals surface area contributed by atoms with Gasteiger partial charge in [0.2, 0.25) is 0 Å². The van der Waals surface area contributed by atoms with Gasteiger partial charge in [0.15, 0.2) is 0 Å². The van der Waals surface area contributed by atoms with E-state index in [0.717, 1.165) is 0 Å². The van der Waals surface area contributed by atoms with Crippen molar-refractivity contribution in [3.05, 3.63) is 29.3 Å². The van der Waals surface area contributed by atoms with E-state index in [1.54, 1.807) is 0 Å². The fourth-order valence-corrected chi connectivity index (χ4v) is 2.44. The molecule has 0 unspecified atom stereocenters. The lowest BCUT2D eigenvalue weighted by Gasteiger charge is -2.31. The smallest absolute Gasteiger partial charge is 0.0398 e. The molecular weight excluding hydrogens is 196 g/mol. The molecule has 2 rings (SSSR count). The number of benzene rings is 1. The molecule has 0 atom stereocenters. The number of unbranched alkanes of at least 4 members (excludes halogenated alkanes) is 1. The summed E-state index contributed by atoms with van der Waals surface area (Å²) < 4.78 is 0. The predicted molar refractivity (Wildman–Crippen MR) is 69.8 cm³/mol. The summed E-state index contributed by atoms with van der Waals surface area (Å²) in [6, 6.07) is 6.71. The Labute approximate surface area is 98.4 Å². The van der Waals surface area contributed by atoms with E-state index in [9.17, 15) is 0 Å². The van der Waals surface area contributed by atoms with Crippen LogP contribution in [0.15, 0.2) is 18.2 Å². The van der Waals surface area contributed by atoms with Crippen molar-refractivity contribution in [1.82, 2.24) is 0 Å². The highest BCUT2D eigenvalue weighted by molar-refractivity contribution is 5.56. The molecule has 0 saturated heterocycles. The minimum Gasteiger partial charge on any atom is -0.371 e. The van der Waals surface area contributed by atoms with Gasteiger partial charge in [-0.25, -0.2) is 0 Å². The zero-order valence-corrected chi connectivity index (χ0v) is 10.2. The van der Waals surface area contributed by atoms with Crippen LogP contribution >= 0.6 is 0 Å². The van der Waals surface area contributed by atoms with Crippen molar-refractivity contribution in [3.63, 3.8) is 0 Å². The number of hydrogen-bond acceptors (Lipinski definition) is 2. The van der Waals surface area contributed by atoms with Crippen LogP contribution < -0.4 is 10.6 Å². The van der Waals surface area contributed by atoms with Gasteiger partial charge < -0.3 is 10.6 Å². The quantitative estimate of drug-likeness (QED) is 0.842. The first kappa shape index (κ1) is 11.5. The van der Waals surface area contributed by atoms with Crippen LogP contribution in [0.2, 0.25) is 0 Å². The summed E-state index contributed by atoms with van der Waals surface area (Å²) in [6.07, 6.45) is 5.06. The number of aryl methyl sites for hydroxylation is 1. The van der Waals surface area contributed by atoms with Crippen molar-refractivity contribution in [3.8, 4) is 0 Å². The van der Waals surface area contributed by atoms with Gasteiger partial charge in [-0.3, -0.25) is 0 Å². The van der Waals surface area contributed by atoms with Gasteiger partial charge in [0, 0.05) is 25.3 Å². The van der Waals surface area contributed by atoms with Gasteiger partial charge in [-0.15, -0.1) is 0 Å². The first-order valence-corrected chi connectivity index (χ1v) is 6.42. The fourth-order valence-electron chi connectivity index (χ4n) is 2.44. The van der Waals surface area contributed by atoms with Crippen molar-refractivity contribution in [2.75, 3.05) is 18.0 Å². The van der Waals surface area contributed by atoms with Crippen LogP contribution in [0.1, 0.15) is 37.3 Å². The first-order valence-electron chi connectivity index (χ1n) is 6.42. The maximum absolute atomic E-state index is 5.68. The Morgan fingerprint density at radius 3 is 3.00 bits per heavy atom. The Morgan fingerprint density at radius 1 is 1.38 bits per heavy atom. The average Bonchev–Trinajstić information content (AvgIpc) is 2.35. The maximum atomic E-state index is 5.68. The summed E-state index contributed by atoms with van der Waals surface area (Å²) in [5, 5.41) is 0. The van der Waals surface area contributed by atoms with Gasteiger partial charge in [-0.05, 0) is 36.5 Å². The molecule has 1 heterocycles. The largest absolute Gasteiger partial charge is 0.371 e. The predicted octanol–water partition coefficient (Wildman–Crippen LogP) is 2.70. The molecule has 88 valence electrons. The molecule has 2 heteroatoms. The summed E-state index contributed by atoms with van der Waals surface area (Å²) in [6.45, 7) is 5.32. The number of nitrogens with zero attached hydrogens (tertiary/aromatic N) is 1. The summed E-state index contributed by atoms with van der Waals surface area (Å²) >= 11 is 0. The molecule has 2 N–H and O–H groups in total. The topological polar surface area (TPSA) is 29.3 Å². The standard InChI is InChI=1S/C14H22N2/c1-2-3-8-16-9-4-5-13-10-12(11-15)6-7-14(13)16/h6-7,10H,2-5,8-9,11,15H2,1H3. The summed E-state index contributed by atoms with van der Waals surface area (Å²) in [7, 11) is 0. The number of hydrogen-bond donors (Lipinski definition) is 1. The van der Waals surface area contributed by atoms with Crippen molar-refractivity contribution in [2.24, 2.45) is 5.73 Å². The number of anilines is 1. The Morgan fingerprint density at radius 2 is 2.25 bits per heavy atom. The van der Waals surface area contributed by atoms with Gasteiger partial charge in [-0.2, -0.15) is 0 Å². The molecule has 0 amide bonds. The molecule has 16 heavy (non-hydrogen) atoms.